The minimum atomic E-state index is -5.06. The number of unbranched alkanes of at least 4 members (excludes halogenated alkanes) is 33. The van der Waals surface area contributed by atoms with Gasteiger partial charge in [0.05, 0.1) is 19.8 Å². The lowest BCUT2D eigenvalue weighted by Crippen LogP contribution is -2.60. The average molecular weight is 989 g/mol. The molecule has 1 saturated heterocycles. The minimum absolute atomic E-state index is 0.0393. The molecule has 13 heteroatoms. The summed E-state index contributed by atoms with van der Waals surface area (Å²) in [6.07, 6.45) is 46.4. The van der Waals surface area contributed by atoms with Crippen molar-refractivity contribution in [2.24, 2.45) is 0 Å². The number of ether oxygens (including phenoxy) is 4. The molecule has 4 N–H and O–H groups in total. The zero-order valence-electron chi connectivity index (χ0n) is 43.4. The molecule has 1 fully saturated rings. The number of aliphatic hydroxyl groups excluding tert-OH is 3. The Morgan fingerprint density at radius 3 is 1.43 bits per heavy atom. The molecule has 1 rings (SSSR count). The van der Waals surface area contributed by atoms with E-state index in [9.17, 15) is 33.1 Å². The molecule has 68 heavy (non-hydrogen) atoms. The smallest absolute Gasteiger partial charge is 0.397 e. The molecule has 402 valence electrons. The fraction of sp³-hybridized carbons (Fsp3) is 0.909. The van der Waals surface area contributed by atoms with Crippen LogP contribution < -0.4 is 0 Å². The number of allylic oxidation sites excluding steroid dienone is 4. The molecule has 0 spiro atoms. The predicted molar refractivity (Wildman–Crippen MR) is 276 cm³/mol. The van der Waals surface area contributed by atoms with Crippen LogP contribution in [-0.4, -0.2) is 97.5 Å². The topological polar surface area (TPSA) is 178 Å². The zero-order valence-corrected chi connectivity index (χ0v) is 44.3. The number of hydrogen-bond acceptors (Lipinski definition) is 11. The largest absolute Gasteiger partial charge is 0.457 e. The van der Waals surface area contributed by atoms with Gasteiger partial charge in [-0.3, -0.25) is 9.35 Å². The van der Waals surface area contributed by atoms with Crippen LogP contribution in [0.5, 0.6) is 0 Å². The van der Waals surface area contributed by atoms with Gasteiger partial charge in [-0.05, 0) is 44.9 Å². The summed E-state index contributed by atoms with van der Waals surface area (Å²) in [5.41, 5.74) is 0. The maximum absolute atomic E-state index is 12.9. The molecule has 0 aliphatic carbocycles. The third-order valence-corrected chi connectivity index (χ3v) is 13.5. The summed E-state index contributed by atoms with van der Waals surface area (Å²) in [7, 11) is -5.06. The molecule has 12 nitrogen and oxygen atoms in total. The summed E-state index contributed by atoms with van der Waals surface area (Å²) >= 11 is 0. The normalized spacial score (nSPS) is 19.4. The quantitative estimate of drug-likeness (QED) is 0.0196. The van der Waals surface area contributed by atoms with Crippen LogP contribution in [0.3, 0.4) is 0 Å². The van der Waals surface area contributed by atoms with E-state index < -0.39 is 59.8 Å². The maximum atomic E-state index is 12.9. The van der Waals surface area contributed by atoms with E-state index in [2.05, 4.69) is 42.3 Å². The fourth-order valence-corrected chi connectivity index (χ4v) is 9.33. The van der Waals surface area contributed by atoms with Crippen LogP contribution in [0.4, 0.5) is 0 Å². The number of esters is 1. The van der Waals surface area contributed by atoms with Crippen molar-refractivity contribution in [1.29, 1.82) is 0 Å². The van der Waals surface area contributed by atoms with Gasteiger partial charge < -0.3 is 34.3 Å². The number of aliphatic hydroxyl groups is 3. The van der Waals surface area contributed by atoms with E-state index in [-0.39, 0.29) is 19.6 Å². The lowest BCUT2D eigenvalue weighted by molar-refractivity contribution is -0.301. The van der Waals surface area contributed by atoms with Crippen LogP contribution in [0.1, 0.15) is 258 Å². The average Bonchev–Trinajstić information content (AvgIpc) is 3.31. The van der Waals surface area contributed by atoms with E-state index in [1.807, 2.05) is 0 Å². The van der Waals surface area contributed by atoms with Crippen LogP contribution in [0.15, 0.2) is 24.3 Å². The van der Waals surface area contributed by atoms with Crippen molar-refractivity contribution in [3.05, 3.63) is 24.3 Å². The SMILES string of the molecule is CCCCC/C=C\C/C=C\CCCCCCCCCCCC(=O)OC(COCCCCCCCCCCCCCCCCCCCCCCCC)COC1OC(CO)C(O)C(OS(=O)(=O)O)C1O. The van der Waals surface area contributed by atoms with Crippen LogP contribution in [0.2, 0.25) is 0 Å². The Bertz CT molecular complexity index is 1280. The second kappa shape index (κ2) is 46.6. The van der Waals surface area contributed by atoms with Gasteiger partial charge in [0.2, 0.25) is 0 Å². The van der Waals surface area contributed by atoms with E-state index >= 15 is 0 Å². The first-order valence-electron chi connectivity index (χ1n) is 28.1. The number of carbonyl (C=O) groups is 1. The van der Waals surface area contributed by atoms with Crippen molar-refractivity contribution in [3.63, 3.8) is 0 Å². The second-order valence-corrected chi connectivity index (χ2v) is 20.6. The molecular weight excluding hydrogens is 885 g/mol. The van der Waals surface area contributed by atoms with E-state index in [0.717, 1.165) is 51.4 Å². The van der Waals surface area contributed by atoms with Gasteiger partial charge in [-0.2, -0.15) is 8.42 Å². The molecule has 0 bridgehead atoms. The Balaban J connectivity index is 2.30. The third kappa shape index (κ3) is 39.2. The van der Waals surface area contributed by atoms with Crippen LogP contribution in [0, 0.1) is 0 Å². The first-order chi connectivity index (χ1) is 33.1. The van der Waals surface area contributed by atoms with Crippen LogP contribution in [0.25, 0.3) is 0 Å². The summed E-state index contributed by atoms with van der Waals surface area (Å²) in [5, 5.41) is 30.8. The van der Waals surface area contributed by atoms with Crippen molar-refractivity contribution >= 4 is 16.4 Å². The van der Waals surface area contributed by atoms with Crippen molar-refractivity contribution in [2.75, 3.05) is 26.4 Å². The van der Waals surface area contributed by atoms with Gasteiger partial charge in [0.1, 0.15) is 30.5 Å². The van der Waals surface area contributed by atoms with Gasteiger partial charge in [0.15, 0.2) is 6.29 Å². The van der Waals surface area contributed by atoms with Crippen molar-refractivity contribution in [3.8, 4) is 0 Å². The molecule has 1 heterocycles. The fourth-order valence-electron chi connectivity index (χ4n) is 8.82. The lowest BCUT2D eigenvalue weighted by atomic mass is 9.99. The number of carbonyl (C=O) groups excluding carboxylic acids is 1. The molecule has 1 aliphatic rings. The molecule has 0 radical (unpaired) electrons. The van der Waals surface area contributed by atoms with Crippen molar-refractivity contribution in [2.45, 2.75) is 295 Å². The molecule has 0 aromatic rings. The van der Waals surface area contributed by atoms with Crippen molar-refractivity contribution < 1.29 is 56.2 Å². The molecule has 0 aromatic heterocycles. The standard InChI is InChI=1S/C55H104O12S/c1-3-5-7-9-11-13-15-17-19-21-23-24-25-27-29-31-33-35-37-39-41-43-45-63-47-49(48-64-55-53(59)54(67-68(60,61)62)52(58)50(46-56)66-55)65-51(57)44-42-40-38-36-34-32-30-28-26-22-20-18-16-14-12-10-8-6-4-2/h12,14,18,20,49-50,52-56,58-59H,3-11,13,15-17,19,21-48H2,1-2H3,(H,60,61,62)/b14-12-,20-18-. The number of hydrogen-bond donors (Lipinski definition) is 4. The first kappa shape index (κ1) is 64.6. The van der Waals surface area contributed by atoms with Gasteiger partial charge >= 0.3 is 16.4 Å². The zero-order chi connectivity index (χ0) is 49.6. The van der Waals surface area contributed by atoms with Crippen LogP contribution in [-0.2, 0) is 38.3 Å². The highest BCUT2D eigenvalue weighted by Gasteiger charge is 2.48. The van der Waals surface area contributed by atoms with Crippen molar-refractivity contribution in [1.82, 2.24) is 0 Å². The molecular formula is C55H104O12S. The molecule has 0 aromatic carbocycles. The summed E-state index contributed by atoms with van der Waals surface area (Å²) in [6, 6.07) is 0. The Morgan fingerprint density at radius 1 is 0.559 bits per heavy atom. The highest BCUT2D eigenvalue weighted by molar-refractivity contribution is 7.80. The van der Waals surface area contributed by atoms with E-state index in [1.165, 1.54) is 180 Å². The highest BCUT2D eigenvalue weighted by atomic mass is 32.3. The maximum Gasteiger partial charge on any atom is 0.397 e. The lowest BCUT2D eigenvalue weighted by Gasteiger charge is -2.41. The summed E-state index contributed by atoms with van der Waals surface area (Å²) in [6.45, 7) is 4.02. The van der Waals surface area contributed by atoms with Crippen LogP contribution >= 0.6 is 0 Å². The molecule has 0 saturated carbocycles. The number of rotatable bonds is 50. The summed E-state index contributed by atoms with van der Waals surface area (Å²) in [5.74, 6) is -0.398. The van der Waals surface area contributed by atoms with Gasteiger partial charge in [-0.25, -0.2) is 4.18 Å². The molecule has 1 aliphatic heterocycles. The predicted octanol–water partition coefficient (Wildman–Crippen LogP) is 13.5. The van der Waals surface area contributed by atoms with Gasteiger partial charge in [0.25, 0.3) is 0 Å². The minimum Gasteiger partial charge on any atom is -0.457 e. The summed E-state index contributed by atoms with van der Waals surface area (Å²) < 4.78 is 59.4. The second-order valence-electron chi connectivity index (χ2n) is 19.5. The Labute approximate surface area is 416 Å². The third-order valence-electron chi connectivity index (χ3n) is 13.1. The highest BCUT2D eigenvalue weighted by Crippen LogP contribution is 2.26. The summed E-state index contributed by atoms with van der Waals surface area (Å²) in [4.78, 5) is 12.9. The van der Waals surface area contributed by atoms with E-state index in [4.69, 9.17) is 18.9 Å². The molecule has 6 atom stereocenters. The Morgan fingerprint density at radius 2 is 0.971 bits per heavy atom. The monoisotopic (exact) mass is 989 g/mol. The van der Waals surface area contributed by atoms with Gasteiger partial charge in [0, 0.05) is 13.0 Å². The molecule has 0 amide bonds. The van der Waals surface area contributed by atoms with Gasteiger partial charge in [-0.1, -0.05) is 231 Å². The van der Waals surface area contributed by atoms with E-state index in [1.54, 1.807) is 0 Å². The van der Waals surface area contributed by atoms with Gasteiger partial charge in [-0.15, -0.1) is 0 Å². The Kier molecular flexibility index (Phi) is 44.3. The Hall–Kier alpha value is -1.42. The molecule has 6 unspecified atom stereocenters. The first-order valence-corrected chi connectivity index (χ1v) is 29.5. The van der Waals surface area contributed by atoms with E-state index in [0.29, 0.717) is 13.0 Å².